The van der Waals surface area contributed by atoms with Crippen molar-refractivity contribution in [2.24, 2.45) is 0 Å². The molecule has 0 bridgehead atoms. The van der Waals surface area contributed by atoms with Gasteiger partial charge in [-0.3, -0.25) is 14.6 Å². The molecule has 0 unspecified atom stereocenters. The van der Waals surface area contributed by atoms with Crippen molar-refractivity contribution in [3.63, 3.8) is 0 Å². The lowest BCUT2D eigenvalue weighted by Gasteiger charge is -2.10. The second-order valence-electron chi connectivity index (χ2n) is 4.02. The van der Waals surface area contributed by atoms with Gasteiger partial charge in [0.05, 0.1) is 11.9 Å². The number of rotatable bonds is 5. The zero-order chi connectivity index (χ0) is 11.9. The van der Waals surface area contributed by atoms with Crippen LogP contribution in [0.3, 0.4) is 0 Å². The minimum atomic E-state index is -0.0845. The average molecular weight is 252 g/mol. The Morgan fingerprint density at radius 3 is 2.82 bits per heavy atom. The number of carbonyl (C=O) groups excluding carboxylic acids is 1. The van der Waals surface area contributed by atoms with E-state index >= 15 is 0 Å². The van der Waals surface area contributed by atoms with Gasteiger partial charge in [0.1, 0.15) is 0 Å². The largest absolute Gasteiger partial charge is 0.272 e. The van der Waals surface area contributed by atoms with Crippen molar-refractivity contribution >= 4 is 17.7 Å². The molecule has 1 fully saturated rings. The Morgan fingerprint density at radius 2 is 2.12 bits per heavy atom. The number of nitrogens with one attached hydrogen (secondary N) is 1. The predicted molar refractivity (Wildman–Crippen MR) is 66.4 cm³/mol. The van der Waals surface area contributed by atoms with E-state index in [2.05, 4.69) is 10.5 Å². The minimum absolute atomic E-state index is 0.0845. The summed E-state index contributed by atoms with van der Waals surface area (Å²) in [4.78, 5) is 21.8. The molecule has 1 amide bonds. The molecule has 0 saturated heterocycles. The molecule has 1 aromatic heterocycles. The quantitative estimate of drug-likeness (QED) is 0.644. The van der Waals surface area contributed by atoms with Crippen LogP contribution in [0.25, 0.3) is 0 Å². The van der Waals surface area contributed by atoms with Crippen molar-refractivity contribution in [3.8, 4) is 0 Å². The van der Waals surface area contributed by atoms with Gasteiger partial charge in [0, 0.05) is 17.3 Å². The second-order valence-corrected chi connectivity index (χ2v) is 5.07. The maximum Gasteiger partial charge on any atom is 0.253 e. The Balaban J connectivity index is 1.64. The molecule has 0 atom stereocenters. The predicted octanol–water partition coefficient (Wildman–Crippen LogP) is 2.16. The smallest absolute Gasteiger partial charge is 0.253 e. The fourth-order valence-electron chi connectivity index (χ4n) is 1.77. The fourth-order valence-corrected chi connectivity index (χ4v) is 2.44. The molecule has 5 heteroatoms. The van der Waals surface area contributed by atoms with Gasteiger partial charge >= 0.3 is 0 Å². The van der Waals surface area contributed by atoms with E-state index in [4.69, 9.17) is 4.84 Å². The topological polar surface area (TPSA) is 51.2 Å². The molecular formula is C12H16N2O2S. The summed E-state index contributed by atoms with van der Waals surface area (Å²) in [6.07, 6.45) is 8.16. The molecule has 1 aliphatic carbocycles. The van der Waals surface area contributed by atoms with Crippen molar-refractivity contribution in [3.05, 3.63) is 24.5 Å². The number of hydroxylamine groups is 1. The Hall–Kier alpha value is -1.07. The molecule has 0 aromatic carbocycles. The summed E-state index contributed by atoms with van der Waals surface area (Å²) in [6.45, 7) is 0. The fraction of sp³-hybridized carbons (Fsp3) is 0.500. The normalized spacial score (nSPS) is 16.0. The van der Waals surface area contributed by atoms with Gasteiger partial charge in [-0.1, -0.05) is 12.8 Å². The maximum absolute atomic E-state index is 11.5. The van der Waals surface area contributed by atoms with Gasteiger partial charge in [0.25, 0.3) is 5.91 Å². The Kier molecular flexibility index (Phi) is 4.82. The van der Waals surface area contributed by atoms with E-state index < -0.39 is 0 Å². The summed E-state index contributed by atoms with van der Waals surface area (Å²) in [5.41, 5.74) is 2.52. The first-order valence-electron chi connectivity index (χ1n) is 5.82. The van der Waals surface area contributed by atoms with Gasteiger partial charge in [0.15, 0.2) is 0 Å². The summed E-state index contributed by atoms with van der Waals surface area (Å²) in [7, 11) is 0. The van der Waals surface area contributed by atoms with E-state index in [9.17, 15) is 4.79 Å². The van der Waals surface area contributed by atoms with Gasteiger partial charge in [-0.05, 0) is 25.0 Å². The molecule has 1 heterocycles. The number of hydrogen-bond acceptors (Lipinski definition) is 4. The number of amides is 1. The first kappa shape index (κ1) is 12.4. The molecule has 4 nitrogen and oxygen atoms in total. The van der Waals surface area contributed by atoms with Gasteiger partial charge in [-0.25, -0.2) is 5.48 Å². The third-order valence-electron chi connectivity index (χ3n) is 2.66. The molecule has 92 valence electrons. The van der Waals surface area contributed by atoms with E-state index in [1.807, 2.05) is 12.1 Å². The SMILES string of the molecule is O=C(CSc1ccncc1)NOC1CCCC1. The van der Waals surface area contributed by atoms with Crippen LogP contribution in [0.1, 0.15) is 25.7 Å². The van der Waals surface area contributed by atoms with E-state index in [1.165, 1.54) is 24.6 Å². The molecule has 0 aliphatic heterocycles. The molecule has 2 rings (SSSR count). The van der Waals surface area contributed by atoms with Crippen LogP contribution < -0.4 is 5.48 Å². The highest BCUT2D eigenvalue weighted by Gasteiger charge is 2.16. The number of aromatic nitrogens is 1. The van der Waals surface area contributed by atoms with Crippen LogP contribution in [-0.4, -0.2) is 22.7 Å². The number of nitrogens with zero attached hydrogens (tertiary/aromatic N) is 1. The highest BCUT2D eigenvalue weighted by Crippen LogP contribution is 2.20. The summed E-state index contributed by atoms with van der Waals surface area (Å²) >= 11 is 1.48. The summed E-state index contributed by atoms with van der Waals surface area (Å²) in [5.74, 6) is 0.287. The molecule has 1 aliphatic rings. The average Bonchev–Trinajstić information content (AvgIpc) is 2.88. The van der Waals surface area contributed by atoms with E-state index in [0.29, 0.717) is 5.75 Å². The van der Waals surface area contributed by atoms with Gasteiger partial charge in [-0.2, -0.15) is 0 Å². The van der Waals surface area contributed by atoms with Gasteiger partial charge in [0.2, 0.25) is 0 Å². The third kappa shape index (κ3) is 4.36. The Bertz CT molecular complexity index is 353. The first-order chi connectivity index (χ1) is 8.34. The lowest BCUT2D eigenvalue weighted by molar-refractivity contribution is -0.135. The van der Waals surface area contributed by atoms with E-state index in [1.54, 1.807) is 12.4 Å². The van der Waals surface area contributed by atoms with E-state index in [0.717, 1.165) is 17.7 Å². The van der Waals surface area contributed by atoms with Crippen LogP contribution >= 0.6 is 11.8 Å². The summed E-state index contributed by atoms with van der Waals surface area (Å²) in [6, 6.07) is 3.77. The van der Waals surface area contributed by atoms with Crippen molar-refractivity contribution in [2.75, 3.05) is 5.75 Å². The molecule has 0 spiro atoms. The van der Waals surface area contributed by atoms with Crippen molar-refractivity contribution in [1.29, 1.82) is 0 Å². The van der Waals surface area contributed by atoms with Crippen molar-refractivity contribution in [2.45, 2.75) is 36.7 Å². The monoisotopic (exact) mass is 252 g/mol. The zero-order valence-corrected chi connectivity index (χ0v) is 10.4. The van der Waals surface area contributed by atoms with Gasteiger partial charge < -0.3 is 0 Å². The van der Waals surface area contributed by atoms with Crippen LogP contribution in [0.4, 0.5) is 0 Å². The lowest BCUT2D eigenvalue weighted by atomic mass is 10.3. The second kappa shape index (κ2) is 6.61. The van der Waals surface area contributed by atoms with Crippen LogP contribution in [-0.2, 0) is 9.63 Å². The summed E-state index contributed by atoms with van der Waals surface area (Å²) in [5, 5.41) is 0. The van der Waals surface area contributed by atoms with Crippen LogP contribution in [0.5, 0.6) is 0 Å². The van der Waals surface area contributed by atoms with Crippen LogP contribution in [0.2, 0.25) is 0 Å². The highest BCUT2D eigenvalue weighted by molar-refractivity contribution is 8.00. The first-order valence-corrected chi connectivity index (χ1v) is 6.80. The molecular weight excluding hydrogens is 236 g/mol. The number of thioether (sulfide) groups is 1. The standard InChI is InChI=1S/C12H16N2O2S/c15-12(14-16-10-3-1-2-4-10)9-17-11-5-7-13-8-6-11/h5-8,10H,1-4,9H2,(H,14,15). The number of carbonyl (C=O) groups is 1. The molecule has 1 N–H and O–H groups in total. The molecule has 1 aromatic rings. The number of pyridine rings is 1. The number of hydrogen-bond donors (Lipinski definition) is 1. The Morgan fingerprint density at radius 1 is 1.41 bits per heavy atom. The minimum Gasteiger partial charge on any atom is -0.272 e. The lowest BCUT2D eigenvalue weighted by Crippen LogP contribution is -2.29. The molecule has 1 saturated carbocycles. The van der Waals surface area contributed by atoms with Crippen molar-refractivity contribution < 1.29 is 9.63 Å². The summed E-state index contributed by atoms with van der Waals surface area (Å²) < 4.78 is 0. The van der Waals surface area contributed by atoms with Gasteiger partial charge in [-0.15, -0.1) is 11.8 Å². The zero-order valence-electron chi connectivity index (χ0n) is 9.59. The van der Waals surface area contributed by atoms with E-state index in [-0.39, 0.29) is 12.0 Å². The van der Waals surface area contributed by atoms with Crippen LogP contribution in [0, 0.1) is 0 Å². The Labute approximate surface area is 105 Å². The maximum atomic E-state index is 11.5. The molecule has 17 heavy (non-hydrogen) atoms. The third-order valence-corrected chi connectivity index (χ3v) is 3.67. The van der Waals surface area contributed by atoms with Crippen LogP contribution in [0.15, 0.2) is 29.4 Å². The van der Waals surface area contributed by atoms with Crippen molar-refractivity contribution in [1.82, 2.24) is 10.5 Å². The highest BCUT2D eigenvalue weighted by atomic mass is 32.2. The molecule has 0 radical (unpaired) electrons.